The summed E-state index contributed by atoms with van der Waals surface area (Å²) >= 11 is 0. The van der Waals surface area contributed by atoms with Crippen LogP contribution < -0.4 is 5.32 Å². The Labute approximate surface area is 85.0 Å². The second-order valence-electron chi connectivity index (χ2n) is 4.21. The van der Waals surface area contributed by atoms with Gasteiger partial charge in [0.1, 0.15) is 11.6 Å². The molecule has 2 rings (SSSR count). The second kappa shape index (κ2) is 3.56. The van der Waals surface area contributed by atoms with Gasteiger partial charge in [-0.1, -0.05) is 0 Å². The largest absolute Gasteiger partial charge is 0.367 e. The number of hydrogen-bond donors (Lipinski definition) is 1. The number of anilines is 1. The number of hydrogen-bond acceptors (Lipinski definition) is 3. The number of aryl methyl sites for hydroxylation is 2. The molecule has 14 heavy (non-hydrogen) atoms. The molecule has 1 heterocycles. The number of rotatable bonds is 3. The predicted molar refractivity (Wildman–Crippen MR) is 57.3 cm³/mol. The van der Waals surface area contributed by atoms with Crippen molar-refractivity contribution in [1.82, 2.24) is 9.97 Å². The van der Waals surface area contributed by atoms with E-state index in [1.165, 1.54) is 12.8 Å². The Kier molecular flexibility index (Phi) is 2.40. The van der Waals surface area contributed by atoms with E-state index in [0.29, 0.717) is 6.04 Å². The van der Waals surface area contributed by atoms with Crippen LogP contribution in [0.2, 0.25) is 0 Å². The number of nitrogens with one attached hydrogen (secondary N) is 1. The summed E-state index contributed by atoms with van der Waals surface area (Å²) in [6.45, 7) is 6.16. The summed E-state index contributed by atoms with van der Waals surface area (Å²) in [7, 11) is 0. The fraction of sp³-hybridized carbons (Fsp3) is 0.636. The van der Waals surface area contributed by atoms with Crippen LogP contribution in [0.5, 0.6) is 0 Å². The highest BCUT2D eigenvalue weighted by Gasteiger charge is 2.27. The zero-order valence-corrected chi connectivity index (χ0v) is 9.04. The van der Waals surface area contributed by atoms with Gasteiger partial charge in [0.2, 0.25) is 0 Å². The fourth-order valence-corrected chi connectivity index (χ4v) is 1.74. The van der Waals surface area contributed by atoms with E-state index in [9.17, 15) is 0 Å². The molecule has 3 heteroatoms. The average molecular weight is 191 g/mol. The van der Waals surface area contributed by atoms with E-state index in [0.717, 1.165) is 23.3 Å². The first kappa shape index (κ1) is 9.44. The van der Waals surface area contributed by atoms with Gasteiger partial charge in [0.15, 0.2) is 0 Å². The van der Waals surface area contributed by atoms with Crippen LogP contribution in [0.4, 0.5) is 5.82 Å². The molecule has 1 aromatic heterocycles. The normalized spacial score (nSPS) is 17.9. The molecule has 76 valence electrons. The standard InChI is InChI=1S/C11H17N3/c1-7-6-11(14-9(3)12-7)13-8(2)10-4-5-10/h6,8,10H,4-5H2,1-3H3,(H,12,13,14). The van der Waals surface area contributed by atoms with Crippen molar-refractivity contribution in [2.45, 2.75) is 39.7 Å². The van der Waals surface area contributed by atoms with E-state index in [-0.39, 0.29) is 0 Å². The van der Waals surface area contributed by atoms with Crippen molar-refractivity contribution >= 4 is 5.82 Å². The maximum Gasteiger partial charge on any atom is 0.130 e. The van der Waals surface area contributed by atoms with Crippen LogP contribution in [0.25, 0.3) is 0 Å². The summed E-state index contributed by atoms with van der Waals surface area (Å²) < 4.78 is 0. The van der Waals surface area contributed by atoms with Crippen molar-refractivity contribution in [1.29, 1.82) is 0 Å². The van der Waals surface area contributed by atoms with Crippen LogP contribution in [0.1, 0.15) is 31.3 Å². The summed E-state index contributed by atoms with van der Waals surface area (Å²) in [5.41, 5.74) is 1.03. The first-order valence-electron chi connectivity index (χ1n) is 5.24. The van der Waals surface area contributed by atoms with E-state index in [4.69, 9.17) is 0 Å². The summed E-state index contributed by atoms with van der Waals surface area (Å²) in [6.07, 6.45) is 2.72. The third-order valence-electron chi connectivity index (χ3n) is 2.67. The molecule has 0 bridgehead atoms. The van der Waals surface area contributed by atoms with E-state index in [2.05, 4.69) is 22.2 Å². The third kappa shape index (κ3) is 2.22. The van der Waals surface area contributed by atoms with E-state index in [1.807, 2.05) is 19.9 Å². The molecule has 1 aromatic rings. The molecule has 0 amide bonds. The van der Waals surface area contributed by atoms with Crippen molar-refractivity contribution in [3.05, 3.63) is 17.6 Å². The molecule has 0 aliphatic heterocycles. The Balaban J connectivity index is 2.07. The van der Waals surface area contributed by atoms with Crippen LogP contribution in [0, 0.1) is 19.8 Å². The van der Waals surface area contributed by atoms with Gasteiger partial charge in [0.05, 0.1) is 0 Å². The maximum absolute atomic E-state index is 4.36. The Morgan fingerprint density at radius 3 is 2.64 bits per heavy atom. The summed E-state index contributed by atoms with van der Waals surface area (Å²) in [4.78, 5) is 8.61. The van der Waals surface area contributed by atoms with E-state index in [1.54, 1.807) is 0 Å². The van der Waals surface area contributed by atoms with Gasteiger partial charge in [-0.3, -0.25) is 0 Å². The summed E-state index contributed by atoms with van der Waals surface area (Å²) in [6, 6.07) is 2.55. The van der Waals surface area contributed by atoms with Gasteiger partial charge in [-0.05, 0) is 39.5 Å². The predicted octanol–water partition coefficient (Wildman–Crippen LogP) is 2.30. The molecule has 1 aliphatic rings. The molecule has 3 nitrogen and oxygen atoms in total. The van der Waals surface area contributed by atoms with Gasteiger partial charge in [-0.2, -0.15) is 0 Å². The Hall–Kier alpha value is -1.12. The van der Waals surface area contributed by atoms with Gasteiger partial charge in [-0.15, -0.1) is 0 Å². The first-order valence-corrected chi connectivity index (χ1v) is 5.24. The molecule has 1 fully saturated rings. The molecule has 0 radical (unpaired) electrons. The Morgan fingerprint density at radius 1 is 1.36 bits per heavy atom. The number of nitrogens with zero attached hydrogens (tertiary/aromatic N) is 2. The highest BCUT2D eigenvalue weighted by atomic mass is 15.0. The van der Waals surface area contributed by atoms with Crippen LogP contribution in [0.15, 0.2) is 6.07 Å². The Morgan fingerprint density at radius 2 is 2.07 bits per heavy atom. The highest BCUT2D eigenvalue weighted by Crippen LogP contribution is 2.33. The maximum atomic E-state index is 4.36. The first-order chi connectivity index (χ1) is 6.65. The molecule has 1 unspecified atom stereocenters. The quantitative estimate of drug-likeness (QED) is 0.796. The van der Waals surface area contributed by atoms with Crippen molar-refractivity contribution < 1.29 is 0 Å². The minimum absolute atomic E-state index is 0.545. The molecule has 0 saturated heterocycles. The average Bonchev–Trinajstić information content (AvgIpc) is 2.82. The van der Waals surface area contributed by atoms with Gasteiger partial charge in [-0.25, -0.2) is 9.97 Å². The van der Waals surface area contributed by atoms with Crippen molar-refractivity contribution in [3.8, 4) is 0 Å². The van der Waals surface area contributed by atoms with Gasteiger partial charge in [0.25, 0.3) is 0 Å². The van der Waals surface area contributed by atoms with Gasteiger partial charge in [0, 0.05) is 17.8 Å². The zero-order valence-electron chi connectivity index (χ0n) is 9.04. The van der Waals surface area contributed by atoms with Gasteiger partial charge < -0.3 is 5.32 Å². The third-order valence-corrected chi connectivity index (χ3v) is 2.67. The van der Waals surface area contributed by atoms with Crippen molar-refractivity contribution in [2.75, 3.05) is 5.32 Å². The van der Waals surface area contributed by atoms with Gasteiger partial charge >= 0.3 is 0 Å². The topological polar surface area (TPSA) is 37.8 Å². The highest BCUT2D eigenvalue weighted by molar-refractivity contribution is 5.37. The minimum Gasteiger partial charge on any atom is -0.367 e. The molecular formula is C11H17N3. The molecule has 1 aliphatic carbocycles. The smallest absolute Gasteiger partial charge is 0.130 e. The zero-order chi connectivity index (χ0) is 10.1. The molecule has 1 saturated carbocycles. The number of aromatic nitrogens is 2. The minimum atomic E-state index is 0.545. The van der Waals surface area contributed by atoms with E-state index >= 15 is 0 Å². The van der Waals surface area contributed by atoms with Crippen LogP contribution in [-0.2, 0) is 0 Å². The van der Waals surface area contributed by atoms with Crippen LogP contribution in [0.3, 0.4) is 0 Å². The molecule has 1 atom stereocenters. The van der Waals surface area contributed by atoms with E-state index < -0.39 is 0 Å². The lowest BCUT2D eigenvalue weighted by Gasteiger charge is -2.13. The van der Waals surface area contributed by atoms with Crippen LogP contribution in [-0.4, -0.2) is 16.0 Å². The lowest BCUT2D eigenvalue weighted by molar-refractivity contribution is 0.689. The molecule has 0 spiro atoms. The lowest BCUT2D eigenvalue weighted by Crippen LogP contribution is -2.18. The summed E-state index contributed by atoms with van der Waals surface area (Å²) in [5, 5.41) is 3.43. The lowest BCUT2D eigenvalue weighted by atomic mass is 10.2. The SMILES string of the molecule is Cc1cc(NC(C)C2CC2)nc(C)n1. The van der Waals surface area contributed by atoms with Crippen molar-refractivity contribution in [2.24, 2.45) is 5.92 Å². The summed E-state index contributed by atoms with van der Waals surface area (Å²) in [5.74, 6) is 2.66. The fourth-order valence-electron chi connectivity index (χ4n) is 1.74. The molecule has 1 N–H and O–H groups in total. The van der Waals surface area contributed by atoms with Crippen LogP contribution >= 0.6 is 0 Å². The Bertz CT molecular complexity index is 311. The molecular weight excluding hydrogens is 174 g/mol. The molecule has 0 aromatic carbocycles. The monoisotopic (exact) mass is 191 g/mol. The van der Waals surface area contributed by atoms with Crippen molar-refractivity contribution in [3.63, 3.8) is 0 Å². The second-order valence-corrected chi connectivity index (χ2v) is 4.21.